The molecular formula is C15H13BrN2O3. The molecule has 0 N–H and O–H groups in total. The van der Waals surface area contributed by atoms with Crippen molar-refractivity contribution in [2.75, 3.05) is 18.1 Å². The molecule has 21 heavy (non-hydrogen) atoms. The number of pyridine rings is 1. The lowest BCUT2D eigenvalue weighted by molar-refractivity contribution is 0.144. The lowest BCUT2D eigenvalue weighted by Gasteiger charge is -2.28. The first-order valence-corrected chi connectivity index (χ1v) is 7.30. The number of aromatic nitrogens is 1. The summed E-state index contributed by atoms with van der Waals surface area (Å²) >= 11 is 3.30. The standard InChI is InChI=1S/C15H13BrN2O3/c16-14-8-12-13(9-17-14)20-7-6-18(12)15(19)21-10-11-4-2-1-3-5-11/h1-5,8-9H,6-7,10H2. The molecule has 2 aromatic rings. The Kier molecular flexibility index (Phi) is 4.06. The molecule has 0 aliphatic carbocycles. The Morgan fingerprint density at radius 2 is 2.19 bits per heavy atom. The van der Waals surface area contributed by atoms with E-state index in [9.17, 15) is 4.79 Å². The van der Waals surface area contributed by atoms with Crippen molar-refractivity contribution in [1.29, 1.82) is 0 Å². The summed E-state index contributed by atoms with van der Waals surface area (Å²) in [4.78, 5) is 17.9. The van der Waals surface area contributed by atoms with Gasteiger partial charge in [-0.25, -0.2) is 9.78 Å². The minimum atomic E-state index is -0.387. The van der Waals surface area contributed by atoms with E-state index in [-0.39, 0.29) is 12.7 Å². The van der Waals surface area contributed by atoms with E-state index in [1.807, 2.05) is 30.3 Å². The number of carbonyl (C=O) groups excluding carboxylic acids is 1. The summed E-state index contributed by atoms with van der Waals surface area (Å²) in [5.41, 5.74) is 1.62. The van der Waals surface area contributed by atoms with Gasteiger partial charge >= 0.3 is 6.09 Å². The van der Waals surface area contributed by atoms with Crippen LogP contribution >= 0.6 is 15.9 Å². The molecule has 0 saturated heterocycles. The van der Waals surface area contributed by atoms with Gasteiger partial charge in [-0.05, 0) is 27.6 Å². The fourth-order valence-electron chi connectivity index (χ4n) is 2.08. The first-order valence-electron chi connectivity index (χ1n) is 6.50. The zero-order valence-electron chi connectivity index (χ0n) is 11.2. The molecule has 0 fully saturated rings. The predicted octanol–water partition coefficient (Wildman–Crippen LogP) is 3.38. The molecule has 0 spiro atoms. The number of ether oxygens (including phenoxy) is 2. The fraction of sp³-hybridized carbons (Fsp3) is 0.200. The molecule has 1 amide bonds. The van der Waals surface area contributed by atoms with Gasteiger partial charge in [0.25, 0.3) is 0 Å². The number of benzene rings is 1. The molecule has 1 aromatic carbocycles. The van der Waals surface area contributed by atoms with E-state index in [4.69, 9.17) is 9.47 Å². The van der Waals surface area contributed by atoms with Gasteiger partial charge in [-0.2, -0.15) is 0 Å². The Morgan fingerprint density at radius 3 is 3.00 bits per heavy atom. The number of anilines is 1. The molecule has 6 heteroatoms. The highest BCUT2D eigenvalue weighted by atomic mass is 79.9. The van der Waals surface area contributed by atoms with Gasteiger partial charge in [-0.15, -0.1) is 0 Å². The Bertz CT molecular complexity index is 649. The van der Waals surface area contributed by atoms with Gasteiger partial charge in [0, 0.05) is 0 Å². The van der Waals surface area contributed by atoms with Gasteiger partial charge in [0.2, 0.25) is 0 Å². The number of fused-ring (bicyclic) bond motifs is 1. The van der Waals surface area contributed by atoms with E-state index in [0.29, 0.717) is 29.2 Å². The first kappa shape index (κ1) is 13.9. The Hall–Kier alpha value is -2.08. The second-order valence-corrected chi connectivity index (χ2v) is 5.33. The van der Waals surface area contributed by atoms with Gasteiger partial charge in [-0.1, -0.05) is 30.3 Å². The van der Waals surface area contributed by atoms with Crippen LogP contribution in [-0.2, 0) is 11.3 Å². The van der Waals surface area contributed by atoms with E-state index < -0.39 is 0 Å². The fourth-order valence-corrected chi connectivity index (χ4v) is 2.40. The van der Waals surface area contributed by atoms with Crippen LogP contribution in [0.2, 0.25) is 0 Å². The first-order chi connectivity index (χ1) is 10.2. The summed E-state index contributed by atoms with van der Waals surface area (Å²) < 4.78 is 11.5. The van der Waals surface area contributed by atoms with Crippen molar-refractivity contribution >= 4 is 27.7 Å². The minimum absolute atomic E-state index is 0.249. The van der Waals surface area contributed by atoms with Gasteiger partial charge in [0.15, 0.2) is 5.75 Å². The van der Waals surface area contributed by atoms with Crippen molar-refractivity contribution < 1.29 is 14.3 Å². The summed E-state index contributed by atoms with van der Waals surface area (Å²) in [5.74, 6) is 0.584. The second-order valence-electron chi connectivity index (χ2n) is 4.52. The third-order valence-corrected chi connectivity index (χ3v) is 3.54. The number of hydrogen-bond acceptors (Lipinski definition) is 4. The van der Waals surface area contributed by atoms with E-state index >= 15 is 0 Å². The van der Waals surface area contributed by atoms with Gasteiger partial charge in [-0.3, -0.25) is 4.90 Å². The van der Waals surface area contributed by atoms with Crippen LogP contribution in [0.15, 0.2) is 47.2 Å². The summed E-state index contributed by atoms with van der Waals surface area (Å²) in [6, 6.07) is 11.3. The smallest absolute Gasteiger partial charge is 0.414 e. The maximum atomic E-state index is 12.3. The van der Waals surface area contributed by atoms with Crippen LogP contribution in [0, 0.1) is 0 Å². The zero-order valence-corrected chi connectivity index (χ0v) is 12.7. The number of hydrogen-bond donors (Lipinski definition) is 0. The van der Waals surface area contributed by atoms with Crippen LogP contribution in [0.4, 0.5) is 10.5 Å². The Labute approximate surface area is 130 Å². The monoisotopic (exact) mass is 348 g/mol. The molecule has 1 aliphatic rings. The molecule has 5 nitrogen and oxygen atoms in total. The molecule has 1 aliphatic heterocycles. The van der Waals surface area contributed by atoms with Crippen LogP contribution in [0.25, 0.3) is 0 Å². The summed E-state index contributed by atoms with van der Waals surface area (Å²) in [6.07, 6.45) is 1.21. The topological polar surface area (TPSA) is 51.7 Å². The number of carbonyl (C=O) groups is 1. The van der Waals surface area contributed by atoms with Crippen LogP contribution in [0.5, 0.6) is 5.75 Å². The minimum Gasteiger partial charge on any atom is -0.488 e. The lowest BCUT2D eigenvalue weighted by Crippen LogP contribution is -2.38. The predicted molar refractivity (Wildman–Crippen MR) is 81.4 cm³/mol. The van der Waals surface area contributed by atoms with Crippen molar-refractivity contribution in [1.82, 2.24) is 4.98 Å². The van der Waals surface area contributed by atoms with Gasteiger partial charge in [0.1, 0.15) is 17.8 Å². The molecule has 2 heterocycles. The molecule has 1 aromatic heterocycles. The van der Waals surface area contributed by atoms with Crippen LogP contribution in [-0.4, -0.2) is 24.2 Å². The molecule has 108 valence electrons. The SMILES string of the molecule is O=C(OCc1ccccc1)N1CCOc2cnc(Br)cc21. The normalized spacial score (nSPS) is 13.3. The third-order valence-electron chi connectivity index (χ3n) is 3.10. The molecule has 0 atom stereocenters. The Balaban J connectivity index is 1.73. The molecule has 0 bridgehead atoms. The highest BCUT2D eigenvalue weighted by molar-refractivity contribution is 9.10. The van der Waals surface area contributed by atoms with Crippen LogP contribution < -0.4 is 9.64 Å². The largest absolute Gasteiger partial charge is 0.488 e. The second kappa shape index (κ2) is 6.13. The highest BCUT2D eigenvalue weighted by Gasteiger charge is 2.25. The molecule has 0 unspecified atom stereocenters. The molecular weight excluding hydrogens is 336 g/mol. The zero-order chi connectivity index (χ0) is 14.7. The van der Waals surface area contributed by atoms with Crippen molar-refractivity contribution in [3.05, 3.63) is 52.8 Å². The van der Waals surface area contributed by atoms with Crippen molar-refractivity contribution in [3.8, 4) is 5.75 Å². The number of rotatable bonds is 2. The third kappa shape index (κ3) is 3.16. The summed E-state index contributed by atoms with van der Waals surface area (Å²) in [6.45, 7) is 1.13. The van der Waals surface area contributed by atoms with Crippen molar-refractivity contribution in [2.24, 2.45) is 0 Å². The van der Waals surface area contributed by atoms with Gasteiger partial charge < -0.3 is 9.47 Å². The summed E-state index contributed by atoms with van der Waals surface area (Å²) in [7, 11) is 0. The number of halogens is 1. The van der Waals surface area contributed by atoms with Crippen molar-refractivity contribution in [3.63, 3.8) is 0 Å². The lowest BCUT2D eigenvalue weighted by atomic mass is 10.2. The average molecular weight is 349 g/mol. The highest BCUT2D eigenvalue weighted by Crippen LogP contribution is 2.33. The number of nitrogens with zero attached hydrogens (tertiary/aromatic N) is 2. The van der Waals surface area contributed by atoms with Gasteiger partial charge in [0.05, 0.1) is 18.4 Å². The molecule has 0 radical (unpaired) electrons. The van der Waals surface area contributed by atoms with E-state index in [2.05, 4.69) is 20.9 Å². The quantitative estimate of drug-likeness (QED) is 0.780. The molecule has 0 saturated carbocycles. The Morgan fingerprint density at radius 1 is 1.38 bits per heavy atom. The maximum Gasteiger partial charge on any atom is 0.414 e. The van der Waals surface area contributed by atoms with Crippen LogP contribution in [0.1, 0.15) is 5.56 Å². The van der Waals surface area contributed by atoms with Crippen molar-refractivity contribution in [2.45, 2.75) is 6.61 Å². The average Bonchev–Trinajstić information content (AvgIpc) is 2.53. The summed E-state index contributed by atoms with van der Waals surface area (Å²) in [5, 5.41) is 0. The number of amides is 1. The van der Waals surface area contributed by atoms with E-state index in [0.717, 1.165) is 5.56 Å². The van der Waals surface area contributed by atoms with Crippen LogP contribution in [0.3, 0.4) is 0 Å². The van der Waals surface area contributed by atoms with E-state index in [1.165, 1.54) is 0 Å². The molecule has 3 rings (SSSR count). The van der Waals surface area contributed by atoms with E-state index in [1.54, 1.807) is 17.2 Å². The maximum absolute atomic E-state index is 12.3.